The number of amides is 2. The van der Waals surface area contributed by atoms with Crippen LogP contribution in [-0.4, -0.2) is 36.2 Å². The molecule has 4 N–H and O–H groups in total. The van der Waals surface area contributed by atoms with Gasteiger partial charge in [-0.05, 0) is 18.6 Å². The molecule has 1 aromatic rings. The van der Waals surface area contributed by atoms with Gasteiger partial charge in [-0.2, -0.15) is 0 Å². The predicted molar refractivity (Wildman–Crippen MR) is 119 cm³/mol. The first-order chi connectivity index (χ1) is 14.1. The largest absolute Gasteiger partial charge is 0.481 e. The number of unbranched alkanes of at least 4 members (excludes halogenated alkanes) is 9. The zero-order valence-corrected chi connectivity index (χ0v) is 17.9. The number of anilines is 1. The summed E-state index contributed by atoms with van der Waals surface area (Å²) in [5.74, 6) is -0.971. The second-order valence-electron chi connectivity index (χ2n) is 7.65. The average Bonchev–Trinajstić information content (AvgIpc) is 2.71. The van der Waals surface area contributed by atoms with E-state index in [4.69, 9.17) is 10.8 Å². The summed E-state index contributed by atoms with van der Waals surface area (Å²) >= 11 is 0. The van der Waals surface area contributed by atoms with E-state index in [2.05, 4.69) is 12.2 Å². The monoisotopic (exact) mass is 405 g/mol. The Morgan fingerprint density at radius 2 is 1.52 bits per heavy atom. The van der Waals surface area contributed by atoms with Gasteiger partial charge < -0.3 is 16.2 Å². The molecule has 2 amide bonds. The van der Waals surface area contributed by atoms with Gasteiger partial charge in [-0.3, -0.25) is 9.69 Å². The fourth-order valence-corrected chi connectivity index (χ4v) is 3.37. The van der Waals surface area contributed by atoms with Crippen LogP contribution < -0.4 is 16.0 Å². The van der Waals surface area contributed by atoms with E-state index in [9.17, 15) is 9.59 Å². The van der Waals surface area contributed by atoms with Gasteiger partial charge in [0.05, 0.1) is 12.5 Å². The third-order valence-corrected chi connectivity index (χ3v) is 5.08. The molecule has 0 aromatic heterocycles. The Hall–Kier alpha value is -2.08. The van der Waals surface area contributed by atoms with Gasteiger partial charge in [0.1, 0.15) is 0 Å². The lowest BCUT2D eigenvalue weighted by Crippen LogP contribution is -2.48. The molecule has 0 heterocycles. The van der Waals surface area contributed by atoms with Crippen LogP contribution in [0, 0.1) is 0 Å². The Morgan fingerprint density at radius 1 is 0.966 bits per heavy atom. The highest BCUT2D eigenvalue weighted by molar-refractivity contribution is 5.92. The van der Waals surface area contributed by atoms with Crippen LogP contribution in [0.1, 0.15) is 77.6 Å². The minimum atomic E-state index is -0.971. The summed E-state index contributed by atoms with van der Waals surface area (Å²) in [6, 6.07) is 8.63. The smallest absolute Gasteiger partial charge is 0.322 e. The number of para-hydroxylation sites is 1. The number of hydrogen-bond donors (Lipinski definition) is 3. The van der Waals surface area contributed by atoms with Gasteiger partial charge in [0.2, 0.25) is 0 Å². The van der Waals surface area contributed by atoms with Gasteiger partial charge >= 0.3 is 12.0 Å². The van der Waals surface area contributed by atoms with Crippen molar-refractivity contribution in [2.45, 2.75) is 83.6 Å². The van der Waals surface area contributed by atoms with E-state index < -0.39 is 12.0 Å². The Morgan fingerprint density at radius 3 is 2.03 bits per heavy atom. The molecule has 6 nitrogen and oxygen atoms in total. The minimum Gasteiger partial charge on any atom is -0.481 e. The summed E-state index contributed by atoms with van der Waals surface area (Å²) < 4.78 is 0. The quantitative estimate of drug-likeness (QED) is 0.340. The number of nitrogens with two attached hydrogens (primary N) is 1. The second-order valence-corrected chi connectivity index (χ2v) is 7.65. The van der Waals surface area contributed by atoms with Crippen molar-refractivity contribution in [1.82, 2.24) is 5.32 Å². The van der Waals surface area contributed by atoms with Gasteiger partial charge in [0.25, 0.3) is 0 Å². The number of hydrogen-bond acceptors (Lipinski definition) is 3. The van der Waals surface area contributed by atoms with Crippen LogP contribution in [0.3, 0.4) is 0 Å². The van der Waals surface area contributed by atoms with Crippen molar-refractivity contribution in [2.75, 3.05) is 18.0 Å². The summed E-state index contributed by atoms with van der Waals surface area (Å²) in [7, 11) is 0. The Kier molecular flexibility index (Phi) is 13.6. The normalized spacial score (nSPS) is 11.8. The summed E-state index contributed by atoms with van der Waals surface area (Å²) in [4.78, 5) is 25.4. The molecule has 29 heavy (non-hydrogen) atoms. The molecule has 0 aliphatic carbocycles. The summed E-state index contributed by atoms with van der Waals surface area (Å²) in [6.45, 7) is 2.94. The molecule has 0 aliphatic heterocycles. The number of urea groups is 1. The van der Waals surface area contributed by atoms with Gasteiger partial charge in [0, 0.05) is 18.8 Å². The number of nitrogens with one attached hydrogen (secondary N) is 1. The van der Waals surface area contributed by atoms with Crippen molar-refractivity contribution in [3.8, 4) is 0 Å². The molecule has 0 bridgehead atoms. The maximum Gasteiger partial charge on any atom is 0.322 e. The lowest BCUT2D eigenvalue weighted by molar-refractivity contribution is -0.137. The van der Waals surface area contributed by atoms with E-state index >= 15 is 0 Å². The van der Waals surface area contributed by atoms with Crippen LogP contribution >= 0.6 is 0 Å². The van der Waals surface area contributed by atoms with Crippen LogP contribution in [-0.2, 0) is 4.79 Å². The topological polar surface area (TPSA) is 95.7 Å². The highest BCUT2D eigenvalue weighted by Gasteiger charge is 2.20. The van der Waals surface area contributed by atoms with Crippen LogP contribution in [0.25, 0.3) is 0 Å². The number of benzene rings is 1. The van der Waals surface area contributed by atoms with Crippen molar-refractivity contribution in [3.63, 3.8) is 0 Å². The van der Waals surface area contributed by atoms with Crippen LogP contribution in [0.4, 0.5) is 10.5 Å². The third-order valence-electron chi connectivity index (χ3n) is 5.08. The summed E-state index contributed by atoms with van der Waals surface area (Å²) in [6.07, 6.45) is 12.2. The second kappa shape index (κ2) is 15.8. The number of aliphatic carboxylic acids is 1. The van der Waals surface area contributed by atoms with Gasteiger partial charge in [-0.25, -0.2) is 4.79 Å². The molecule has 6 heteroatoms. The van der Waals surface area contributed by atoms with E-state index in [1.54, 1.807) is 4.90 Å². The molecule has 0 fully saturated rings. The van der Waals surface area contributed by atoms with Crippen molar-refractivity contribution in [1.29, 1.82) is 0 Å². The van der Waals surface area contributed by atoms with E-state index in [0.717, 1.165) is 18.5 Å². The number of nitrogens with zero attached hydrogens (tertiary/aromatic N) is 1. The molecule has 0 spiro atoms. The fraction of sp³-hybridized carbons (Fsp3) is 0.652. The molecule has 0 radical (unpaired) electrons. The summed E-state index contributed by atoms with van der Waals surface area (Å²) in [5, 5.41) is 11.7. The number of carboxylic acid groups (broad SMARTS) is 1. The van der Waals surface area contributed by atoms with Crippen molar-refractivity contribution in [3.05, 3.63) is 30.3 Å². The molecular weight excluding hydrogens is 366 g/mol. The number of rotatable bonds is 16. The molecule has 1 aromatic carbocycles. The van der Waals surface area contributed by atoms with Crippen molar-refractivity contribution in [2.24, 2.45) is 5.73 Å². The lowest BCUT2D eigenvalue weighted by Gasteiger charge is -2.26. The lowest BCUT2D eigenvalue weighted by atomic mass is 10.1. The Bertz CT molecular complexity index is 566. The van der Waals surface area contributed by atoms with Gasteiger partial charge in [-0.15, -0.1) is 0 Å². The first-order valence-electron chi connectivity index (χ1n) is 11.1. The minimum absolute atomic E-state index is 0.0962. The highest BCUT2D eigenvalue weighted by Crippen LogP contribution is 2.16. The molecule has 1 rings (SSSR count). The third kappa shape index (κ3) is 11.5. The maximum atomic E-state index is 12.8. The first-order valence-corrected chi connectivity index (χ1v) is 11.1. The zero-order chi connectivity index (χ0) is 21.3. The average molecular weight is 406 g/mol. The standard InChI is InChI=1S/C23H39N3O3/c1-2-3-4-5-6-7-8-9-10-14-17-26(21-15-12-11-13-16-21)23(29)25-20(19-24)18-22(27)28/h11-13,15-16,20H,2-10,14,17-19,24H2,1H3,(H,25,29)(H,27,28)/t20-/m1/s1. The highest BCUT2D eigenvalue weighted by atomic mass is 16.4. The van der Waals surface area contributed by atoms with E-state index in [1.165, 1.54) is 51.4 Å². The van der Waals surface area contributed by atoms with Gasteiger partial charge in [0.15, 0.2) is 0 Å². The van der Waals surface area contributed by atoms with Crippen LogP contribution in [0.5, 0.6) is 0 Å². The maximum absolute atomic E-state index is 12.8. The fourth-order valence-electron chi connectivity index (χ4n) is 3.37. The van der Waals surface area contributed by atoms with Crippen LogP contribution in [0.2, 0.25) is 0 Å². The first kappa shape index (κ1) is 25.0. The molecule has 0 saturated carbocycles. The Balaban J connectivity index is 2.43. The van der Waals surface area contributed by atoms with E-state index in [-0.39, 0.29) is 19.0 Å². The van der Waals surface area contributed by atoms with Crippen molar-refractivity contribution < 1.29 is 14.7 Å². The molecule has 0 unspecified atom stereocenters. The molecule has 1 atom stereocenters. The molecule has 0 aliphatic rings. The number of carbonyl (C=O) groups excluding carboxylic acids is 1. The molecule has 0 saturated heterocycles. The molecule has 164 valence electrons. The van der Waals surface area contributed by atoms with E-state index in [0.29, 0.717) is 6.54 Å². The number of carboxylic acids is 1. The van der Waals surface area contributed by atoms with Gasteiger partial charge in [-0.1, -0.05) is 82.9 Å². The summed E-state index contributed by atoms with van der Waals surface area (Å²) in [5.41, 5.74) is 6.43. The Labute approximate surface area is 175 Å². The molecular formula is C23H39N3O3. The zero-order valence-electron chi connectivity index (χ0n) is 17.9. The predicted octanol–water partition coefficient (Wildman–Crippen LogP) is 4.93. The number of carbonyl (C=O) groups is 2. The van der Waals surface area contributed by atoms with Crippen LogP contribution in [0.15, 0.2) is 30.3 Å². The van der Waals surface area contributed by atoms with Crippen molar-refractivity contribution >= 4 is 17.7 Å². The SMILES string of the molecule is CCCCCCCCCCCCN(C(=O)N[C@@H](CN)CC(=O)O)c1ccccc1. The van der Waals surface area contributed by atoms with E-state index in [1.807, 2.05) is 30.3 Å².